The number of hydrogen-bond donors (Lipinski definition) is 1. The fourth-order valence-electron chi connectivity index (χ4n) is 2.25. The Balaban J connectivity index is 1.85. The molecule has 2 aromatic heterocycles. The molecule has 0 amide bonds. The van der Waals surface area contributed by atoms with Gasteiger partial charge in [-0.05, 0) is 41.9 Å². The Morgan fingerprint density at radius 3 is 2.43 bits per heavy atom. The standard InChI is InChI=1S/C18H14Cl2N4O3S/c1-27-17-13(7-6-12-10-21-18(20)22-11-12)8-9-16(23-17)24-28(25,26)15-5-3-2-4-14(15)19/h2-11H,1H3,(H,23,24)/b7-6+. The molecule has 2 heterocycles. The van der Waals surface area contributed by atoms with Crippen molar-refractivity contribution in [1.82, 2.24) is 15.0 Å². The summed E-state index contributed by atoms with van der Waals surface area (Å²) in [5, 5.41) is 0.276. The van der Waals surface area contributed by atoms with Gasteiger partial charge in [-0.1, -0.05) is 29.8 Å². The van der Waals surface area contributed by atoms with Crippen LogP contribution in [0.5, 0.6) is 5.88 Å². The minimum absolute atomic E-state index is 0.0378. The number of sulfonamides is 1. The van der Waals surface area contributed by atoms with Gasteiger partial charge in [0.15, 0.2) is 0 Å². The maximum atomic E-state index is 12.5. The second-order valence-corrected chi connectivity index (χ2v) is 7.85. The number of aromatic nitrogens is 3. The number of hydrogen-bond acceptors (Lipinski definition) is 6. The SMILES string of the molecule is COc1nc(NS(=O)(=O)c2ccccc2Cl)ccc1/C=C/c1cnc(Cl)nc1. The van der Waals surface area contributed by atoms with Crippen LogP contribution in [0.1, 0.15) is 11.1 Å². The van der Waals surface area contributed by atoms with Crippen LogP contribution in [0, 0.1) is 0 Å². The van der Waals surface area contributed by atoms with Gasteiger partial charge in [0, 0.05) is 23.5 Å². The molecule has 0 radical (unpaired) electrons. The Morgan fingerprint density at radius 1 is 1.04 bits per heavy atom. The van der Waals surface area contributed by atoms with Gasteiger partial charge in [-0.3, -0.25) is 4.72 Å². The summed E-state index contributed by atoms with van der Waals surface area (Å²) < 4.78 is 32.7. The van der Waals surface area contributed by atoms with E-state index in [-0.39, 0.29) is 26.9 Å². The molecule has 10 heteroatoms. The number of pyridine rings is 1. The Bertz CT molecular complexity index is 1120. The van der Waals surface area contributed by atoms with Crippen LogP contribution in [-0.4, -0.2) is 30.5 Å². The Kier molecular flexibility index (Phi) is 6.13. The lowest BCUT2D eigenvalue weighted by Gasteiger charge is -2.11. The molecule has 7 nitrogen and oxygen atoms in total. The predicted molar refractivity (Wildman–Crippen MR) is 109 cm³/mol. The van der Waals surface area contributed by atoms with Crippen LogP contribution >= 0.6 is 23.2 Å². The molecular weight excluding hydrogens is 423 g/mol. The van der Waals surface area contributed by atoms with E-state index in [1.165, 1.54) is 25.3 Å². The Labute approximate surface area is 172 Å². The second kappa shape index (κ2) is 8.55. The van der Waals surface area contributed by atoms with Crippen LogP contribution in [0.4, 0.5) is 5.82 Å². The van der Waals surface area contributed by atoms with E-state index >= 15 is 0 Å². The maximum absolute atomic E-state index is 12.5. The van der Waals surface area contributed by atoms with Crippen LogP contribution < -0.4 is 9.46 Å². The summed E-state index contributed by atoms with van der Waals surface area (Å²) in [5.74, 6) is 0.342. The molecule has 0 bridgehead atoms. The zero-order chi connectivity index (χ0) is 20.1. The molecule has 1 aromatic carbocycles. The molecule has 1 N–H and O–H groups in total. The van der Waals surface area contributed by atoms with Crippen LogP contribution in [0.25, 0.3) is 12.2 Å². The number of benzene rings is 1. The van der Waals surface area contributed by atoms with Gasteiger partial charge in [0.05, 0.1) is 12.1 Å². The molecule has 0 atom stereocenters. The summed E-state index contributed by atoms with van der Waals surface area (Å²) in [6.45, 7) is 0. The molecule has 3 aromatic rings. The van der Waals surface area contributed by atoms with Crippen molar-refractivity contribution in [3.05, 3.63) is 70.2 Å². The zero-order valence-corrected chi connectivity index (χ0v) is 16.8. The molecular formula is C18H14Cl2N4O3S. The highest BCUT2D eigenvalue weighted by atomic mass is 35.5. The van der Waals surface area contributed by atoms with Crippen LogP contribution in [0.2, 0.25) is 10.3 Å². The summed E-state index contributed by atoms with van der Waals surface area (Å²) in [4.78, 5) is 11.9. The van der Waals surface area contributed by atoms with Crippen LogP contribution in [0.15, 0.2) is 53.7 Å². The first-order valence-electron chi connectivity index (χ1n) is 7.87. The van der Waals surface area contributed by atoms with Crippen molar-refractivity contribution < 1.29 is 13.2 Å². The summed E-state index contributed by atoms with van der Waals surface area (Å²) in [5.41, 5.74) is 1.37. The predicted octanol–water partition coefficient (Wildman–Crippen LogP) is 4.16. The third-order valence-corrected chi connectivity index (χ3v) is 5.59. The second-order valence-electron chi connectivity index (χ2n) is 5.45. The normalized spacial score (nSPS) is 11.5. The lowest BCUT2D eigenvalue weighted by molar-refractivity contribution is 0.397. The van der Waals surface area contributed by atoms with Gasteiger partial charge < -0.3 is 4.74 Å². The highest BCUT2D eigenvalue weighted by Crippen LogP contribution is 2.25. The maximum Gasteiger partial charge on any atom is 0.264 e. The number of methoxy groups -OCH3 is 1. The topological polar surface area (TPSA) is 94.1 Å². The van der Waals surface area contributed by atoms with Gasteiger partial charge in [0.2, 0.25) is 11.2 Å². The van der Waals surface area contributed by atoms with E-state index in [9.17, 15) is 8.42 Å². The van der Waals surface area contributed by atoms with Crippen molar-refractivity contribution in [2.75, 3.05) is 11.8 Å². The lowest BCUT2D eigenvalue weighted by atomic mass is 10.2. The molecule has 0 fully saturated rings. The largest absolute Gasteiger partial charge is 0.481 e. The van der Waals surface area contributed by atoms with Gasteiger partial charge in [0.25, 0.3) is 10.0 Å². The number of nitrogens with one attached hydrogen (secondary N) is 1. The summed E-state index contributed by atoms with van der Waals surface area (Å²) in [7, 11) is -2.45. The zero-order valence-electron chi connectivity index (χ0n) is 14.5. The monoisotopic (exact) mass is 436 g/mol. The molecule has 0 aliphatic heterocycles. The minimum atomic E-state index is -3.89. The van der Waals surface area contributed by atoms with Crippen LogP contribution in [-0.2, 0) is 10.0 Å². The van der Waals surface area contributed by atoms with E-state index in [2.05, 4.69) is 19.7 Å². The molecule has 0 saturated heterocycles. The molecule has 0 aliphatic rings. The first-order chi connectivity index (χ1) is 13.4. The molecule has 0 unspecified atom stereocenters. The van der Waals surface area contributed by atoms with E-state index in [1.54, 1.807) is 42.7 Å². The lowest BCUT2D eigenvalue weighted by Crippen LogP contribution is -2.14. The van der Waals surface area contributed by atoms with Gasteiger partial charge in [-0.25, -0.2) is 18.4 Å². The van der Waals surface area contributed by atoms with E-state index in [0.717, 1.165) is 5.56 Å². The molecule has 0 aliphatic carbocycles. The first kappa shape index (κ1) is 20.1. The summed E-state index contributed by atoms with van der Waals surface area (Å²) in [6, 6.07) is 9.34. The van der Waals surface area contributed by atoms with E-state index in [4.69, 9.17) is 27.9 Å². The van der Waals surface area contributed by atoms with Crippen molar-refractivity contribution in [3.8, 4) is 5.88 Å². The summed E-state index contributed by atoms with van der Waals surface area (Å²) in [6.07, 6.45) is 6.63. The third kappa shape index (κ3) is 4.78. The average Bonchev–Trinajstić information content (AvgIpc) is 2.68. The number of rotatable bonds is 6. The Hall–Kier alpha value is -2.68. The van der Waals surface area contributed by atoms with Gasteiger partial charge in [-0.2, -0.15) is 4.98 Å². The highest BCUT2D eigenvalue weighted by Gasteiger charge is 2.18. The van der Waals surface area contributed by atoms with Gasteiger partial charge >= 0.3 is 0 Å². The van der Waals surface area contributed by atoms with E-state index in [1.807, 2.05) is 0 Å². The molecule has 0 spiro atoms. The fraction of sp³-hybridized carbons (Fsp3) is 0.0556. The number of halogens is 2. The quantitative estimate of drug-likeness (QED) is 0.582. The first-order valence-corrected chi connectivity index (χ1v) is 10.1. The Morgan fingerprint density at radius 2 is 1.75 bits per heavy atom. The molecule has 3 rings (SSSR count). The van der Waals surface area contributed by atoms with Gasteiger partial charge in [0.1, 0.15) is 10.7 Å². The fourth-order valence-corrected chi connectivity index (χ4v) is 3.87. The number of nitrogens with zero attached hydrogens (tertiary/aromatic N) is 3. The average molecular weight is 437 g/mol. The van der Waals surface area contributed by atoms with Crippen molar-refractivity contribution in [2.45, 2.75) is 4.90 Å². The van der Waals surface area contributed by atoms with Crippen molar-refractivity contribution in [3.63, 3.8) is 0 Å². The molecule has 144 valence electrons. The minimum Gasteiger partial charge on any atom is -0.481 e. The van der Waals surface area contributed by atoms with Gasteiger partial charge in [-0.15, -0.1) is 0 Å². The smallest absolute Gasteiger partial charge is 0.264 e. The molecule has 28 heavy (non-hydrogen) atoms. The van der Waals surface area contributed by atoms with Crippen molar-refractivity contribution >= 4 is 51.2 Å². The highest BCUT2D eigenvalue weighted by molar-refractivity contribution is 7.92. The third-order valence-electron chi connectivity index (χ3n) is 3.54. The number of ether oxygens (including phenoxy) is 1. The summed E-state index contributed by atoms with van der Waals surface area (Å²) >= 11 is 11.6. The van der Waals surface area contributed by atoms with Crippen molar-refractivity contribution in [1.29, 1.82) is 0 Å². The van der Waals surface area contributed by atoms with Crippen molar-refractivity contribution in [2.24, 2.45) is 0 Å². The van der Waals surface area contributed by atoms with E-state index in [0.29, 0.717) is 5.56 Å². The van der Waals surface area contributed by atoms with E-state index < -0.39 is 10.0 Å². The molecule has 0 saturated carbocycles. The number of anilines is 1. The van der Waals surface area contributed by atoms with Crippen LogP contribution in [0.3, 0.4) is 0 Å².